The fraction of sp³-hybridized carbons (Fsp3) is 0.238. The van der Waals surface area contributed by atoms with Crippen LogP contribution in [0, 0.1) is 5.82 Å². The lowest BCUT2D eigenvalue weighted by Crippen LogP contribution is -2.24. The minimum absolute atomic E-state index is 0.173. The first-order valence-electron chi connectivity index (χ1n) is 8.86. The highest BCUT2D eigenvalue weighted by atomic mass is 19.1. The molecule has 0 radical (unpaired) electrons. The Morgan fingerprint density at radius 2 is 2.04 bits per heavy atom. The molecule has 140 valence electrons. The molecule has 27 heavy (non-hydrogen) atoms. The first-order chi connectivity index (χ1) is 13.1. The van der Waals surface area contributed by atoms with Crippen molar-refractivity contribution in [1.82, 2.24) is 14.9 Å². The number of halogens is 1. The first kappa shape index (κ1) is 18.6. The van der Waals surface area contributed by atoms with E-state index in [4.69, 9.17) is 4.74 Å². The number of nitrogens with one attached hydrogen (secondary N) is 1. The summed E-state index contributed by atoms with van der Waals surface area (Å²) in [5.74, 6) is 1.14. The average Bonchev–Trinajstić information content (AvgIpc) is 2.97. The molecule has 1 heterocycles. The zero-order valence-electron chi connectivity index (χ0n) is 15.4. The summed E-state index contributed by atoms with van der Waals surface area (Å²) in [4.78, 5) is 16.5. The Bertz CT molecular complexity index is 961. The summed E-state index contributed by atoms with van der Waals surface area (Å²) in [7, 11) is 1.84. The van der Waals surface area contributed by atoms with E-state index in [-0.39, 0.29) is 11.7 Å². The monoisotopic (exact) mass is 367 g/mol. The van der Waals surface area contributed by atoms with E-state index in [2.05, 4.69) is 10.3 Å². The van der Waals surface area contributed by atoms with E-state index in [0.29, 0.717) is 19.6 Å². The van der Waals surface area contributed by atoms with Crippen LogP contribution in [0.5, 0.6) is 5.75 Å². The number of nitrogens with zero attached hydrogens (tertiary/aromatic N) is 2. The Hall–Kier alpha value is -3.15. The van der Waals surface area contributed by atoms with E-state index in [9.17, 15) is 9.18 Å². The molecule has 3 aromatic rings. The molecule has 0 unspecified atom stereocenters. The van der Waals surface area contributed by atoms with Gasteiger partial charge in [0.2, 0.25) is 5.91 Å². The highest BCUT2D eigenvalue weighted by Gasteiger charge is 2.08. The number of hydrogen-bond donors (Lipinski definition) is 1. The molecule has 6 heteroatoms. The third kappa shape index (κ3) is 4.73. The van der Waals surface area contributed by atoms with Gasteiger partial charge in [0, 0.05) is 26.1 Å². The molecule has 5 nitrogen and oxygen atoms in total. The van der Waals surface area contributed by atoms with Crippen LogP contribution in [0.4, 0.5) is 4.39 Å². The van der Waals surface area contributed by atoms with Gasteiger partial charge in [0.05, 0.1) is 17.6 Å². The van der Waals surface area contributed by atoms with Crippen molar-refractivity contribution in [3.63, 3.8) is 0 Å². The largest absolute Gasteiger partial charge is 0.494 e. The quantitative estimate of drug-likeness (QED) is 0.651. The normalized spacial score (nSPS) is 11.2. The van der Waals surface area contributed by atoms with Crippen molar-refractivity contribution in [3.8, 4) is 5.75 Å². The molecule has 0 aliphatic rings. The average molecular weight is 367 g/mol. The lowest BCUT2D eigenvalue weighted by atomic mass is 10.2. The van der Waals surface area contributed by atoms with Gasteiger partial charge in [0.1, 0.15) is 17.4 Å². The Labute approximate surface area is 157 Å². The van der Waals surface area contributed by atoms with Crippen LogP contribution in [-0.2, 0) is 18.3 Å². The number of ether oxygens (including phenoxy) is 1. The highest BCUT2D eigenvalue weighted by Crippen LogP contribution is 2.16. The zero-order chi connectivity index (χ0) is 19.2. The van der Waals surface area contributed by atoms with Gasteiger partial charge < -0.3 is 14.6 Å². The Morgan fingerprint density at radius 1 is 1.26 bits per heavy atom. The summed E-state index contributed by atoms with van der Waals surface area (Å²) in [5.41, 5.74) is 2.41. The van der Waals surface area contributed by atoms with Crippen LogP contribution in [-0.4, -0.2) is 28.6 Å². The molecule has 0 aliphatic heterocycles. The standard InChI is InChI=1S/C21H22FN3O2/c1-3-27-17-8-4-15(5-9-17)6-11-21(26)23-13-12-20-24-18-10-7-16(22)14-19(18)25(20)2/h4-11,14H,3,12-13H2,1-2H3,(H,23,26)/b11-6+. The van der Waals surface area contributed by atoms with Crippen LogP contribution in [0.2, 0.25) is 0 Å². The van der Waals surface area contributed by atoms with Gasteiger partial charge in [-0.1, -0.05) is 12.1 Å². The smallest absolute Gasteiger partial charge is 0.244 e. The molecule has 0 fully saturated rings. The van der Waals surface area contributed by atoms with Crippen molar-refractivity contribution in [2.75, 3.05) is 13.2 Å². The molecular weight excluding hydrogens is 345 g/mol. The van der Waals surface area contributed by atoms with Crippen LogP contribution in [0.3, 0.4) is 0 Å². The van der Waals surface area contributed by atoms with Crippen molar-refractivity contribution in [3.05, 3.63) is 65.7 Å². The Balaban J connectivity index is 1.53. The van der Waals surface area contributed by atoms with E-state index in [1.54, 1.807) is 12.1 Å². The highest BCUT2D eigenvalue weighted by molar-refractivity contribution is 5.91. The zero-order valence-corrected chi connectivity index (χ0v) is 15.4. The lowest BCUT2D eigenvalue weighted by Gasteiger charge is -2.04. The summed E-state index contributed by atoms with van der Waals surface area (Å²) >= 11 is 0. The van der Waals surface area contributed by atoms with Gasteiger partial charge in [-0.2, -0.15) is 0 Å². The molecule has 1 N–H and O–H groups in total. The number of imidazole rings is 1. The third-order valence-electron chi connectivity index (χ3n) is 4.20. The Morgan fingerprint density at radius 3 is 2.78 bits per heavy atom. The fourth-order valence-corrected chi connectivity index (χ4v) is 2.81. The molecule has 0 saturated carbocycles. The van der Waals surface area contributed by atoms with Crippen LogP contribution in [0.1, 0.15) is 18.3 Å². The third-order valence-corrected chi connectivity index (χ3v) is 4.20. The SMILES string of the molecule is CCOc1ccc(/C=C/C(=O)NCCc2nc3ccc(F)cc3n2C)cc1. The second-order valence-corrected chi connectivity index (χ2v) is 6.10. The molecule has 1 amide bonds. The second-order valence-electron chi connectivity index (χ2n) is 6.10. The van der Waals surface area contributed by atoms with Crippen LogP contribution < -0.4 is 10.1 Å². The summed E-state index contributed by atoms with van der Waals surface area (Å²) < 4.78 is 20.6. The maximum Gasteiger partial charge on any atom is 0.244 e. The van der Waals surface area contributed by atoms with E-state index >= 15 is 0 Å². The molecule has 0 spiro atoms. The number of carbonyl (C=O) groups is 1. The van der Waals surface area contributed by atoms with E-state index in [1.807, 2.05) is 42.8 Å². The van der Waals surface area contributed by atoms with Gasteiger partial charge in [-0.15, -0.1) is 0 Å². The summed E-state index contributed by atoms with van der Waals surface area (Å²) in [5, 5.41) is 2.84. The van der Waals surface area contributed by atoms with Gasteiger partial charge >= 0.3 is 0 Å². The van der Waals surface area contributed by atoms with Crippen LogP contribution >= 0.6 is 0 Å². The van der Waals surface area contributed by atoms with Crippen molar-refractivity contribution in [1.29, 1.82) is 0 Å². The topological polar surface area (TPSA) is 56.1 Å². The van der Waals surface area contributed by atoms with Gasteiger partial charge in [-0.25, -0.2) is 9.37 Å². The Kier molecular flexibility index (Phi) is 5.86. The number of aryl methyl sites for hydroxylation is 1. The second kappa shape index (κ2) is 8.49. The van der Waals surface area contributed by atoms with Crippen molar-refractivity contribution in [2.45, 2.75) is 13.3 Å². The minimum atomic E-state index is -0.287. The van der Waals surface area contributed by atoms with E-state index < -0.39 is 0 Å². The number of amides is 1. The van der Waals surface area contributed by atoms with Gasteiger partial charge in [0.25, 0.3) is 0 Å². The number of fused-ring (bicyclic) bond motifs is 1. The van der Waals surface area contributed by atoms with E-state index in [0.717, 1.165) is 28.2 Å². The maximum absolute atomic E-state index is 13.4. The number of aromatic nitrogens is 2. The predicted molar refractivity (Wildman–Crippen MR) is 104 cm³/mol. The van der Waals surface area contributed by atoms with Gasteiger partial charge in [-0.05, 0) is 48.9 Å². The molecule has 0 bridgehead atoms. The summed E-state index contributed by atoms with van der Waals surface area (Å²) in [6.07, 6.45) is 3.82. The summed E-state index contributed by atoms with van der Waals surface area (Å²) in [6, 6.07) is 12.1. The van der Waals surface area contributed by atoms with Gasteiger partial charge in [0.15, 0.2) is 0 Å². The number of carbonyl (C=O) groups excluding carboxylic acids is 1. The molecular formula is C21H22FN3O2. The number of rotatable bonds is 7. The van der Waals surface area contributed by atoms with Crippen LogP contribution in [0.25, 0.3) is 17.1 Å². The molecule has 1 aromatic heterocycles. The van der Waals surface area contributed by atoms with Crippen molar-refractivity contribution in [2.24, 2.45) is 7.05 Å². The molecule has 3 rings (SSSR count). The molecule has 0 saturated heterocycles. The molecule has 2 aromatic carbocycles. The number of benzene rings is 2. The van der Waals surface area contributed by atoms with E-state index in [1.165, 1.54) is 18.2 Å². The molecule has 0 atom stereocenters. The first-order valence-corrected chi connectivity index (χ1v) is 8.86. The molecule has 0 aliphatic carbocycles. The lowest BCUT2D eigenvalue weighted by molar-refractivity contribution is -0.116. The number of hydrogen-bond acceptors (Lipinski definition) is 3. The minimum Gasteiger partial charge on any atom is -0.494 e. The van der Waals surface area contributed by atoms with Crippen molar-refractivity contribution < 1.29 is 13.9 Å². The maximum atomic E-state index is 13.4. The fourth-order valence-electron chi connectivity index (χ4n) is 2.81. The predicted octanol–water partition coefficient (Wildman–Crippen LogP) is 3.48. The van der Waals surface area contributed by atoms with Crippen molar-refractivity contribution >= 4 is 23.0 Å². The van der Waals surface area contributed by atoms with Crippen LogP contribution in [0.15, 0.2) is 48.5 Å². The van der Waals surface area contributed by atoms with Gasteiger partial charge in [-0.3, -0.25) is 4.79 Å². The summed E-state index contributed by atoms with van der Waals surface area (Å²) in [6.45, 7) is 3.01.